The summed E-state index contributed by atoms with van der Waals surface area (Å²) in [5.74, 6) is -0.280. The highest BCUT2D eigenvalue weighted by atomic mass is 35.5. The normalized spacial score (nSPS) is 13.7. The molecule has 2 aromatic heterocycles. The molecule has 3 aromatic rings. The number of hydrogen-bond donors (Lipinski definition) is 2. The van der Waals surface area contributed by atoms with Crippen LogP contribution in [0.2, 0.25) is 10.0 Å². The average Bonchev–Trinajstić information content (AvgIpc) is 3.34. The molecule has 1 aliphatic rings. The van der Waals surface area contributed by atoms with Gasteiger partial charge in [-0.2, -0.15) is 11.3 Å². The van der Waals surface area contributed by atoms with Crippen molar-refractivity contribution in [2.45, 2.75) is 13.0 Å². The zero-order chi connectivity index (χ0) is 20.4. The summed E-state index contributed by atoms with van der Waals surface area (Å²) in [6, 6.07) is 6.77. The van der Waals surface area contributed by atoms with Crippen LogP contribution in [0.15, 0.2) is 35.0 Å². The zero-order valence-corrected chi connectivity index (χ0v) is 18.2. The number of anilines is 2. The van der Waals surface area contributed by atoms with E-state index in [0.29, 0.717) is 33.0 Å². The van der Waals surface area contributed by atoms with E-state index in [1.807, 2.05) is 5.38 Å². The Balaban J connectivity index is 1.34. The predicted molar refractivity (Wildman–Crippen MR) is 118 cm³/mol. The number of benzene rings is 1. The van der Waals surface area contributed by atoms with Crippen molar-refractivity contribution < 1.29 is 9.59 Å². The number of thiophene rings is 1. The van der Waals surface area contributed by atoms with Gasteiger partial charge in [0.15, 0.2) is 5.13 Å². The number of fused-ring (bicyclic) bond motifs is 1. The van der Waals surface area contributed by atoms with E-state index in [1.165, 1.54) is 22.7 Å². The molecular weight excluding hydrogens is 451 g/mol. The lowest BCUT2D eigenvalue weighted by atomic mass is 10.2. The van der Waals surface area contributed by atoms with Crippen LogP contribution in [0.1, 0.15) is 20.9 Å². The van der Waals surface area contributed by atoms with Crippen molar-refractivity contribution in [2.75, 3.05) is 23.7 Å². The molecule has 0 bridgehead atoms. The van der Waals surface area contributed by atoms with Gasteiger partial charge in [-0.1, -0.05) is 23.2 Å². The lowest BCUT2D eigenvalue weighted by molar-refractivity contribution is -0.117. The Morgan fingerprint density at radius 3 is 2.79 bits per heavy atom. The number of carbonyl (C=O) groups is 2. The van der Waals surface area contributed by atoms with Crippen molar-refractivity contribution in [3.63, 3.8) is 0 Å². The lowest BCUT2D eigenvalue weighted by Crippen LogP contribution is -2.36. The van der Waals surface area contributed by atoms with Gasteiger partial charge >= 0.3 is 0 Å². The highest BCUT2D eigenvalue weighted by Crippen LogP contribution is 2.29. The molecule has 0 unspecified atom stereocenters. The van der Waals surface area contributed by atoms with Crippen molar-refractivity contribution in [2.24, 2.45) is 0 Å². The van der Waals surface area contributed by atoms with E-state index in [2.05, 4.69) is 20.5 Å². The molecule has 1 aliphatic heterocycles. The number of hydrogen-bond acceptors (Lipinski definition) is 6. The van der Waals surface area contributed by atoms with E-state index in [0.717, 1.165) is 23.5 Å². The molecule has 4 rings (SSSR count). The summed E-state index contributed by atoms with van der Waals surface area (Å²) in [4.78, 5) is 32.2. The van der Waals surface area contributed by atoms with Crippen LogP contribution in [0.5, 0.6) is 0 Å². The summed E-state index contributed by atoms with van der Waals surface area (Å²) in [5, 5.41) is 10.8. The fraction of sp³-hybridized carbons (Fsp3) is 0.211. The topological polar surface area (TPSA) is 74.3 Å². The van der Waals surface area contributed by atoms with Crippen LogP contribution in [0.4, 0.5) is 10.8 Å². The number of amides is 2. The molecule has 0 atom stereocenters. The number of rotatable bonds is 5. The van der Waals surface area contributed by atoms with Gasteiger partial charge in [0.2, 0.25) is 5.91 Å². The van der Waals surface area contributed by atoms with Crippen LogP contribution in [0.3, 0.4) is 0 Å². The molecule has 6 nitrogen and oxygen atoms in total. The number of halogens is 2. The standard InChI is InChI=1S/C19H16Cl2N4O2S2/c20-13-2-1-12(7-14(13)21)22-17(26)9-25-5-3-15-16(8-25)29-19(23-15)24-18(27)11-4-6-28-10-11/h1-2,4,6-7,10H,3,5,8-9H2,(H,22,26)(H,23,24,27). The zero-order valence-electron chi connectivity index (χ0n) is 15.1. The molecular formula is C19H16Cl2N4O2S2. The summed E-state index contributed by atoms with van der Waals surface area (Å²) >= 11 is 14.8. The summed E-state index contributed by atoms with van der Waals surface area (Å²) in [6.07, 6.45) is 0.736. The largest absolute Gasteiger partial charge is 0.325 e. The smallest absolute Gasteiger partial charge is 0.258 e. The van der Waals surface area contributed by atoms with Gasteiger partial charge < -0.3 is 5.32 Å². The molecule has 29 heavy (non-hydrogen) atoms. The second-order valence-corrected chi connectivity index (χ2v) is 9.17. The van der Waals surface area contributed by atoms with Crippen LogP contribution in [-0.2, 0) is 17.8 Å². The minimum atomic E-state index is -0.157. The molecule has 2 N–H and O–H groups in total. The van der Waals surface area contributed by atoms with Gasteiger partial charge in [-0.25, -0.2) is 4.98 Å². The van der Waals surface area contributed by atoms with Crippen LogP contribution >= 0.6 is 45.9 Å². The third-order valence-electron chi connectivity index (χ3n) is 4.38. The second-order valence-electron chi connectivity index (χ2n) is 6.49. The summed E-state index contributed by atoms with van der Waals surface area (Å²) < 4.78 is 0. The van der Waals surface area contributed by atoms with Crippen molar-refractivity contribution in [1.29, 1.82) is 0 Å². The van der Waals surface area contributed by atoms with Crippen LogP contribution in [0.25, 0.3) is 0 Å². The van der Waals surface area contributed by atoms with Crippen molar-refractivity contribution in [3.05, 3.63) is 61.2 Å². The van der Waals surface area contributed by atoms with E-state index in [1.54, 1.807) is 29.6 Å². The molecule has 0 radical (unpaired) electrons. The van der Waals surface area contributed by atoms with Gasteiger partial charge in [0.05, 0.1) is 27.8 Å². The lowest BCUT2D eigenvalue weighted by Gasteiger charge is -2.25. The predicted octanol–water partition coefficient (Wildman–Crippen LogP) is 4.76. The SMILES string of the molecule is O=C(CN1CCc2nc(NC(=O)c3ccsc3)sc2C1)Nc1ccc(Cl)c(Cl)c1. The summed E-state index contributed by atoms with van der Waals surface area (Å²) in [7, 11) is 0. The second kappa shape index (κ2) is 8.81. The first kappa shape index (κ1) is 20.3. The van der Waals surface area contributed by atoms with E-state index in [4.69, 9.17) is 23.2 Å². The quantitative estimate of drug-likeness (QED) is 0.568. The first-order valence-corrected chi connectivity index (χ1v) is 11.3. The Labute approximate surface area is 185 Å². The summed E-state index contributed by atoms with van der Waals surface area (Å²) in [5.41, 5.74) is 2.22. The fourth-order valence-electron chi connectivity index (χ4n) is 2.98. The highest BCUT2D eigenvalue weighted by molar-refractivity contribution is 7.16. The molecule has 0 aliphatic carbocycles. The maximum Gasteiger partial charge on any atom is 0.258 e. The molecule has 0 fully saturated rings. The molecule has 1 aromatic carbocycles. The average molecular weight is 467 g/mol. The number of nitrogens with one attached hydrogen (secondary N) is 2. The van der Waals surface area contributed by atoms with Gasteiger partial charge in [-0.3, -0.25) is 19.8 Å². The Hall–Kier alpha value is -1.97. The Morgan fingerprint density at radius 1 is 1.17 bits per heavy atom. The Morgan fingerprint density at radius 2 is 2.03 bits per heavy atom. The van der Waals surface area contributed by atoms with Crippen LogP contribution in [-0.4, -0.2) is 34.8 Å². The van der Waals surface area contributed by atoms with Crippen molar-refractivity contribution >= 4 is 68.5 Å². The molecule has 10 heteroatoms. The molecule has 0 spiro atoms. The monoisotopic (exact) mass is 466 g/mol. The Bertz CT molecular complexity index is 1050. The van der Waals surface area contributed by atoms with Gasteiger partial charge in [-0.05, 0) is 29.6 Å². The number of aromatic nitrogens is 1. The minimum absolute atomic E-state index is 0.123. The first-order chi connectivity index (χ1) is 14.0. The van der Waals surface area contributed by atoms with Crippen molar-refractivity contribution in [3.8, 4) is 0 Å². The van der Waals surface area contributed by atoms with E-state index in [-0.39, 0.29) is 18.4 Å². The number of thiazole rings is 1. The molecule has 3 heterocycles. The molecule has 0 saturated carbocycles. The minimum Gasteiger partial charge on any atom is -0.325 e. The number of nitrogens with zero attached hydrogens (tertiary/aromatic N) is 2. The highest BCUT2D eigenvalue weighted by Gasteiger charge is 2.23. The van der Waals surface area contributed by atoms with Gasteiger partial charge in [-0.15, -0.1) is 11.3 Å². The Kier molecular flexibility index (Phi) is 6.17. The van der Waals surface area contributed by atoms with E-state index < -0.39 is 0 Å². The van der Waals surface area contributed by atoms with Gasteiger partial charge in [0.25, 0.3) is 5.91 Å². The maximum atomic E-state index is 12.4. The fourth-order valence-corrected chi connectivity index (χ4v) is 4.96. The van der Waals surface area contributed by atoms with Crippen molar-refractivity contribution in [1.82, 2.24) is 9.88 Å². The third kappa shape index (κ3) is 4.96. The van der Waals surface area contributed by atoms with Gasteiger partial charge in [0, 0.05) is 35.5 Å². The maximum absolute atomic E-state index is 12.4. The van der Waals surface area contributed by atoms with Crippen LogP contribution < -0.4 is 10.6 Å². The summed E-state index contributed by atoms with van der Waals surface area (Å²) in [6.45, 7) is 1.60. The van der Waals surface area contributed by atoms with Gasteiger partial charge in [0.1, 0.15) is 0 Å². The van der Waals surface area contributed by atoms with E-state index >= 15 is 0 Å². The molecule has 0 saturated heterocycles. The van der Waals surface area contributed by atoms with E-state index in [9.17, 15) is 9.59 Å². The molecule has 150 valence electrons. The molecule has 2 amide bonds. The number of carbonyl (C=O) groups excluding carboxylic acids is 2. The van der Waals surface area contributed by atoms with Crippen LogP contribution in [0, 0.1) is 0 Å². The third-order valence-corrected chi connectivity index (χ3v) is 6.80. The first-order valence-electron chi connectivity index (χ1n) is 8.77.